The predicted molar refractivity (Wildman–Crippen MR) is 137 cm³/mol. The molecule has 0 fully saturated rings. The molecule has 2 amide bonds. The summed E-state index contributed by atoms with van der Waals surface area (Å²) in [5.41, 5.74) is 0.683. The summed E-state index contributed by atoms with van der Waals surface area (Å²) in [6.45, 7) is 3.25. The molecule has 2 N–H and O–H groups in total. The monoisotopic (exact) mass is 513 g/mol. The van der Waals surface area contributed by atoms with Crippen LogP contribution in [0.5, 0.6) is 5.75 Å². The van der Waals surface area contributed by atoms with Gasteiger partial charge in [0.1, 0.15) is 12.3 Å². The maximum atomic E-state index is 13.5. The van der Waals surface area contributed by atoms with Crippen molar-refractivity contribution in [2.45, 2.75) is 4.90 Å². The number of hydrogen-bond acceptors (Lipinski definition) is 5. The molecule has 3 aromatic carbocycles. The summed E-state index contributed by atoms with van der Waals surface area (Å²) in [6, 6.07) is 18.4. The number of carbonyl (C=O) groups excluding carboxylic acids is 2. The molecule has 3 rings (SSSR count). The molecule has 0 atom stereocenters. The van der Waals surface area contributed by atoms with Gasteiger partial charge in [0.2, 0.25) is 5.91 Å². The standard InChI is InChI=1S/C25H24ClN3O5S/c1-3-15-27-25(31)22-9-4-5-10-23(22)28-24(30)17-29(19-8-6-7-18(26)16-19)35(32,33)21-13-11-20(34-2)12-14-21/h3-14,16H,1,15,17H2,2H3,(H,27,31)(H,28,30). The van der Waals surface area contributed by atoms with Crippen LogP contribution in [0.15, 0.2) is 90.3 Å². The summed E-state index contributed by atoms with van der Waals surface area (Å²) in [4.78, 5) is 25.4. The molecule has 182 valence electrons. The lowest BCUT2D eigenvalue weighted by molar-refractivity contribution is -0.114. The Morgan fingerprint density at radius 2 is 1.77 bits per heavy atom. The highest BCUT2D eigenvalue weighted by atomic mass is 35.5. The van der Waals surface area contributed by atoms with Crippen molar-refractivity contribution in [1.29, 1.82) is 0 Å². The highest BCUT2D eigenvalue weighted by Crippen LogP contribution is 2.27. The van der Waals surface area contributed by atoms with E-state index in [0.29, 0.717) is 10.8 Å². The number of para-hydroxylation sites is 1. The maximum absolute atomic E-state index is 13.5. The van der Waals surface area contributed by atoms with Crippen molar-refractivity contribution in [3.8, 4) is 5.75 Å². The third-order valence-electron chi connectivity index (χ3n) is 4.88. The molecule has 0 heterocycles. The lowest BCUT2D eigenvalue weighted by atomic mass is 10.1. The van der Waals surface area contributed by atoms with E-state index in [1.807, 2.05) is 0 Å². The second-order valence-electron chi connectivity index (χ2n) is 7.26. The van der Waals surface area contributed by atoms with Crippen molar-refractivity contribution < 1.29 is 22.7 Å². The van der Waals surface area contributed by atoms with Crippen LogP contribution in [0.3, 0.4) is 0 Å². The zero-order valence-corrected chi connectivity index (χ0v) is 20.5. The van der Waals surface area contributed by atoms with Gasteiger partial charge < -0.3 is 15.4 Å². The molecule has 3 aromatic rings. The maximum Gasteiger partial charge on any atom is 0.264 e. The van der Waals surface area contributed by atoms with Crippen molar-refractivity contribution in [3.05, 3.63) is 96.0 Å². The molecule has 0 bridgehead atoms. The Morgan fingerprint density at radius 3 is 2.43 bits per heavy atom. The normalized spacial score (nSPS) is 10.8. The van der Waals surface area contributed by atoms with Crippen molar-refractivity contribution >= 4 is 44.8 Å². The molecule has 8 nitrogen and oxygen atoms in total. The molecule has 0 saturated carbocycles. The van der Waals surface area contributed by atoms with Crippen LogP contribution in [0.4, 0.5) is 11.4 Å². The molecule has 0 aliphatic heterocycles. The molecule has 0 aliphatic carbocycles. The fourth-order valence-corrected chi connectivity index (χ4v) is 4.79. The van der Waals surface area contributed by atoms with E-state index in [-0.39, 0.29) is 28.4 Å². The Labute approximate surface area is 209 Å². The van der Waals surface area contributed by atoms with Crippen LogP contribution in [0.1, 0.15) is 10.4 Å². The first-order valence-corrected chi connectivity index (χ1v) is 12.3. The molecular formula is C25H24ClN3O5S. The minimum atomic E-state index is -4.15. The topological polar surface area (TPSA) is 105 Å². The Balaban J connectivity index is 1.92. The SMILES string of the molecule is C=CCNC(=O)c1ccccc1NC(=O)CN(c1cccc(Cl)c1)S(=O)(=O)c1ccc(OC)cc1. The third-order valence-corrected chi connectivity index (χ3v) is 6.91. The van der Waals surface area contributed by atoms with Crippen LogP contribution >= 0.6 is 11.6 Å². The smallest absolute Gasteiger partial charge is 0.264 e. The lowest BCUT2D eigenvalue weighted by Gasteiger charge is -2.24. The molecule has 0 aliphatic rings. The van der Waals surface area contributed by atoms with E-state index in [9.17, 15) is 18.0 Å². The second kappa shape index (κ2) is 11.5. The van der Waals surface area contributed by atoms with E-state index in [0.717, 1.165) is 4.31 Å². The van der Waals surface area contributed by atoms with E-state index >= 15 is 0 Å². The van der Waals surface area contributed by atoms with Gasteiger partial charge in [0, 0.05) is 11.6 Å². The first-order chi connectivity index (χ1) is 16.8. The fraction of sp³-hybridized carbons (Fsp3) is 0.120. The summed E-state index contributed by atoms with van der Waals surface area (Å²) >= 11 is 6.10. The Hall–Kier alpha value is -3.82. The minimum absolute atomic E-state index is 0.0321. The van der Waals surface area contributed by atoms with Gasteiger partial charge in [-0.3, -0.25) is 13.9 Å². The van der Waals surface area contributed by atoms with Gasteiger partial charge in [-0.2, -0.15) is 0 Å². The molecule has 0 spiro atoms. The van der Waals surface area contributed by atoms with E-state index in [1.54, 1.807) is 36.4 Å². The number of sulfonamides is 1. The summed E-state index contributed by atoms with van der Waals surface area (Å²) < 4.78 is 33.1. The molecule has 0 saturated heterocycles. The van der Waals surface area contributed by atoms with Gasteiger partial charge in [0.25, 0.3) is 15.9 Å². The second-order valence-corrected chi connectivity index (χ2v) is 9.56. The Morgan fingerprint density at radius 1 is 1.06 bits per heavy atom. The van der Waals surface area contributed by atoms with E-state index in [2.05, 4.69) is 17.2 Å². The molecule has 0 unspecified atom stereocenters. The molecule has 0 radical (unpaired) electrons. The highest BCUT2D eigenvalue weighted by molar-refractivity contribution is 7.92. The van der Waals surface area contributed by atoms with Crippen molar-refractivity contribution in [2.75, 3.05) is 29.8 Å². The largest absolute Gasteiger partial charge is 0.497 e. The average Bonchev–Trinajstić information content (AvgIpc) is 2.86. The van der Waals surface area contributed by atoms with Crippen LogP contribution in [0.25, 0.3) is 0 Å². The van der Waals surface area contributed by atoms with Gasteiger partial charge in [0.05, 0.1) is 28.9 Å². The first-order valence-electron chi connectivity index (χ1n) is 10.5. The number of ether oxygens (including phenoxy) is 1. The van der Waals surface area contributed by atoms with Crippen LogP contribution in [0.2, 0.25) is 5.02 Å². The van der Waals surface area contributed by atoms with E-state index in [1.165, 1.54) is 49.6 Å². The summed E-state index contributed by atoms with van der Waals surface area (Å²) in [7, 11) is -2.68. The number of nitrogens with zero attached hydrogens (tertiary/aromatic N) is 1. The number of carbonyl (C=O) groups is 2. The van der Waals surface area contributed by atoms with Gasteiger partial charge in [0.15, 0.2) is 0 Å². The third kappa shape index (κ3) is 6.40. The molecular weight excluding hydrogens is 490 g/mol. The predicted octanol–water partition coefficient (Wildman–Crippen LogP) is 4.10. The van der Waals surface area contributed by atoms with Gasteiger partial charge in [-0.25, -0.2) is 8.42 Å². The Kier molecular flexibility index (Phi) is 8.51. The number of nitrogens with one attached hydrogen (secondary N) is 2. The number of methoxy groups -OCH3 is 1. The summed E-state index contributed by atoms with van der Waals surface area (Å²) in [5.74, 6) is -0.563. The zero-order valence-electron chi connectivity index (χ0n) is 18.9. The van der Waals surface area contributed by atoms with Crippen molar-refractivity contribution in [2.24, 2.45) is 0 Å². The fourth-order valence-electron chi connectivity index (χ4n) is 3.19. The number of rotatable bonds is 10. The van der Waals surface area contributed by atoms with E-state index < -0.39 is 28.4 Å². The van der Waals surface area contributed by atoms with Gasteiger partial charge in [-0.1, -0.05) is 35.9 Å². The van der Waals surface area contributed by atoms with Crippen molar-refractivity contribution in [1.82, 2.24) is 5.32 Å². The summed E-state index contributed by atoms with van der Waals surface area (Å²) in [5, 5.41) is 5.60. The van der Waals surface area contributed by atoms with E-state index in [4.69, 9.17) is 16.3 Å². The number of amides is 2. The average molecular weight is 514 g/mol. The van der Waals surface area contributed by atoms with Crippen LogP contribution in [0, 0.1) is 0 Å². The number of hydrogen-bond donors (Lipinski definition) is 2. The Bertz CT molecular complexity index is 1330. The number of benzene rings is 3. The number of halogens is 1. The van der Waals surface area contributed by atoms with Gasteiger partial charge in [-0.05, 0) is 54.6 Å². The van der Waals surface area contributed by atoms with Crippen LogP contribution < -0.4 is 19.7 Å². The first kappa shape index (κ1) is 25.8. The van der Waals surface area contributed by atoms with Gasteiger partial charge >= 0.3 is 0 Å². The number of anilines is 2. The summed E-state index contributed by atoms with van der Waals surface area (Å²) in [6.07, 6.45) is 1.53. The molecule has 10 heteroatoms. The van der Waals surface area contributed by atoms with Crippen molar-refractivity contribution in [3.63, 3.8) is 0 Å². The molecule has 0 aromatic heterocycles. The molecule has 35 heavy (non-hydrogen) atoms. The van der Waals surface area contributed by atoms with Crippen LogP contribution in [-0.2, 0) is 14.8 Å². The van der Waals surface area contributed by atoms with Gasteiger partial charge in [-0.15, -0.1) is 6.58 Å². The van der Waals surface area contributed by atoms with Crippen LogP contribution in [-0.4, -0.2) is 40.4 Å². The minimum Gasteiger partial charge on any atom is -0.497 e. The lowest BCUT2D eigenvalue weighted by Crippen LogP contribution is -2.38. The zero-order chi connectivity index (χ0) is 25.4. The quantitative estimate of drug-likeness (QED) is 0.397. The highest BCUT2D eigenvalue weighted by Gasteiger charge is 2.28.